The van der Waals surface area contributed by atoms with Gasteiger partial charge in [-0.2, -0.15) is 0 Å². The summed E-state index contributed by atoms with van der Waals surface area (Å²) < 4.78 is 2.39. The van der Waals surface area contributed by atoms with Crippen LogP contribution in [0.15, 0.2) is 22.7 Å². The first-order chi connectivity index (χ1) is 8.15. The van der Waals surface area contributed by atoms with E-state index in [4.69, 9.17) is 5.73 Å². The molecule has 1 rings (SSSR count). The fourth-order valence-electron chi connectivity index (χ4n) is 1.92. The highest BCUT2D eigenvalue weighted by Gasteiger charge is 2.09. The van der Waals surface area contributed by atoms with Gasteiger partial charge in [0.1, 0.15) is 0 Å². The fourth-order valence-corrected chi connectivity index (χ4v) is 2.98. The number of hydrogen-bond donors (Lipinski definition) is 1. The van der Waals surface area contributed by atoms with Crippen LogP contribution in [-0.2, 0) is 0 Å². The predicted molar refractivity (Wildman–Crippen MR) is 87.2 cm³/mol. The van der Waals surface area contributed by atoms with Crippen molar-refractivity contribution in [2.24, 2.45) is 5.73 Å². The summed E-state index contributed by atoms with van der Waals surface area (Å²) in [5.74, 6) is 0. The van der Waals surface area contributed by atoms with Crippen LogP contribution in [0.5, 0.6) is 0 Å². The monoisotopic (exact) mass is 409 g/mol. The van der Waals surface area contributed by atoms with Gasteiger partial charge in [0.25, 0.3) is 0 Å². The molecule has 1 nitrogen and oxygen atoms in total. The second kappa shape index (κ2) is 8.48. The van der Waals surface area contributed by atoms with E-state index in [1.54, 1.807) is 0 Å². The third-order valence-electron chi connectivity index (χ3n) is 2.98. The molecule has 1 aromatic rings. The van der Waals surface area contributed by atoms with E-state index in [2.05, 4.69) is 63.6 Å². The Bertz CT molecular complexity index is 341. The van der Waals surface area contributed by atoms with Gasteiger partial charge in [-0.15, -0.1) is 0 Å². The first-order valence-electron chi connectivity index (χ1n) is 6.35. The number of halogens is 2. The first kappa shape index (κ1) is 15.4. The molecule has 0 aliphatic rings. The molecule has 1 atom stereocenters. The van der Waals surface area contributed by atoms with Crippen LogP contribution in [0.1, 0.15) is 57.1 Å². The molecular formula is C14H21BrIN. The van der Waals surface area contributed by atoms with Crippen LogP contribution in [0.25, 0.3) is 0 Å². The summed E-state index contributed by atoms with van der Waals surface area (Å²) in [5, 5.41) is 0. The quantitative estimate of drug-likeness (QED) is 0.472. The summed E-state index contributed by atoms with van der Waals surface area (Å²) in [6.45, 7) is 2.24. The van der Waals surface area contributed by atoms with Crippen LogP contribution in [0.2, 0.25) is 0 Å². The average molecular weight is 410 g/mol. The predicted octanol–water partition coefficient (Wildman–Crippen LogP) is 5.41. The molecule has 17 heavy (non-hydrogen) atoms. The first-order valence-corrected chi connectivity index (χ1v) is 8.23. The molecule has 0 aliphatic heterocycles. The van der Waals surface area contributed by atoms with Gasteiger partial charge in [-0.25, -0.2) is 0 Å². The van der Waals surface area contributed by atoms with E-state index in [0.717, 1.165) is 10.9 Å². The van der Waals surface area contributed by atoms with Crippen molar-refractivity contribution >= 4 is 38.5 Å². The summed E-state index contributed by atoms with van der Waals surface area (Å²) in [6.07, 6.45) is 7.62. The molecule has 0 saturated carbocycles. The molecule has 0 heterocycles. The Morgan fingerprint density at radius 1 is 1.24 bits per heavy atom. The third kappa shape index (κ3) is 5.71. The number of unbranched alkanes of at least 4 members (excludes halogenated alkanes) is 4. The zero-order chi connectivity index (χ0) is 12.7. The zero-order valence-electron chi connectivity index (χ0n) is 10.4. The molecule has 3 heteroatoms. The number of hydrogen-bond acceptors (Lipinski definition) is 1. The minimum Gasteiger partial charge on any atom is -0.324 e. The van der Waals surface area contributed by atoms with Crippen molar-refractivity contribution in [3.05, 3.63) is 31.8 Å². The Kier molecular flexibility index (Phi) is 7.71. The highest BCUT2D eigenvalue weighted by Crippen LogP contribution is 2.27. The van der Waals surface area contributed by atoms with Gasteiger partial charge in [0.05, 0.1) is 0 Å². The van der Waals surface area contributed by atoms with Gasteiger partial charge in [0.15, 0.2) is 0 Å². The molecule has 96 valence electrons. The second-order valence-electron chi connectivity index (χ2n) is 4.48. The summed E-state index contributed by atoms with van der Waals surface area (Å²) in [7, 11) is 0. The summed E-state index contributed by atoms with van der Waals surface area (Å²) >= 11 is 5.92. The number of benzene rings is 1. The van der Waals surface area contributed by atoms with Crippen LogP contribution < -0.4 is 5.73 Å². The zero-order valence-corrected chi connectivity index (χ0v) is 14.1. The van der Waals surface area contributed by atoms with Gasteiger partial charge >= 0.3 is 0 Å². The van der Waals surface area contributed by atoms with E-state index in [1.165, 1.54) is 41.2 Å². The second-order valence-corrected chi connectivity index (χ2v) is 6.58. The lowest BCUT2D eigenvalue weighted by molar-refractivity contribution is 0.554. The van der Waals surface area contributed by atoms with E-state index in [-0.39, 0.29) is 6.04 Å². The molecule has 1 aromatic carbocycles. The van der Waals surface area contributed by atoms with Crippen LogP contribution in [0, 0.1) is 3.57 Å². The minimum atomic E-state index is 0.167. The average Bonchev–Trinajstić information content (AvgIpc) is 2.32. The van der Waals surface area contributed by atoms with Gasteiger partial charge < -0.3 is 5.73 Å². The van der Waals surface area contributed by atoms with Gasteiger partial charge in [-0.3, -0.25) is 0 Å². The smallest absolute Gasteiger partial charge is 0.0306 e. The van der Waals surface area contributed by atoms with Crippen molar-refractivity contribution in [3.63, 3.8) is 0 Å². The van der Waals surface area contributed by atoms with Crippen molar-refractivity contribution < 1.29 is 0 Å². The lowest BCUT2D eigenvalue weighted by atomic mass is 10.0. The summed E-state index contributed by atoms with van der Waals surface area (Å²) in [6, 6.07) is 6.54. The Balaban J connectivity index is 2.41. The highest BCUT2D eigenvalue weighted by molar-refractivity contribution is 14.1. The Labute approximate surface area is 127 Å². The van der Waals surface area contributed by atoms with E-state index in [9.17, 15) is 0 Å². The maximum atomic E-state index is 6.25. The standard InChI is InChI=1S/C14H21BrIN/c1-2-3-4-5-6-7-14(17)12-10-11(16)8-9-13(12)15/h8-10,14H,2-7,17H2,1H3. The largest absolute Gasteiger partial charge is 0.324 e. The van der Waals surface area contributed by atoms with Gasteiger partial charge in [0.2, 0.25) is 0 Å². The molecule has 0 aromatic heterocycles. The lowest BCUT2D eigenvalue weighted by Gasteiger charge is -2.14. The van der Waals surface area contributed by atoms with Crippen molar-refractivity contribution in [2.45, 2.75) is 51.5 Å². The van der Waals surface area contributed by atoms with Crippen LogP contribution in [-0.4, -0.2) is 0 Å². The van der Waals surface area contributed by atoms with E-state index in [1.807, 2.05) is 0 Å². The maximum absolute atomic E-state index is 6.25. The molecule has 0 aliphatic carbocycles. The molecule has 0 radical (unpaired) electrons. The minimum absolute atomic E-state index is 0.167. The van der Waals surface area contributed by atoms with E-state index in [0.29, 0.717) is 0 Å². The van der Waals surface area contributed by atoms with Crippen LogP contribution >= 0.6 is 38.5 Å². The topological polar surface area (TPSA) is 26.0 Å². The lowest BCUT2D eigenvalue weighted by Crippen LogP contribution is -2.11. The Morgan fingerprint density at radius 2 is 1.94 bits per heavy atom. The van der Waals surface area contributed by atoms with Crippen molar-refractivity contribution in [1.82, 2.24) is 0 Å². The number of rotatable bonds is 7. The van der Waals surface area contributed by atoms with Crippen molar-refractivity contribution in [1.29, 1.82) is 0 Å². The Morgan fingerprint density at radius 3 is 2.65 bits per heavy atom. The van der Waals surface area contributed by atoms with Gasteiger partial charge in [-0.05, 0) is 52.8 Å². The fraction of sp³-hybridized carbons (Fsp3) is 0.571. The highest BCUT2D eigenvalue weighted by atomic mass is 127. The third-order valence-corrected chi connectivity index (χ3v) is 4.37. The molecule has 1 unspecified atom stereocenters. The molecule has 0 bridgehead atoms. The molecule has 0 spiro atoms. The van der Waals surface area contributed by atoms with Crippen LogP contribution in [0.4, 0.5) is 0 Å². The SMILES string of the molecule is CCCCCCCC(N)c1cc(I)ccc1Br. The Hall–Kier alpha value is 0.390. The van der Waals surface area contributed by atoms with Crippen molar-refractivity contribution in [3.8, 4) is 0 Å². The normalized spacial score (nSPS) is 12.7. The maximum Gasteiger partial charge on any atom is 0.0306 e. The molecule has 0 amide bonds. The summed E-state index contributed by atoms with van der Waals surface area (Å²) in [4.78, 5) is 0. The molecule has 0 fully saturated rings. The molecule has 2 N–H and O–H groups in total. The van der Waals surface area contributed by atoms with E-state index >= 15 is 0 Å². The van der Waals surface area contributed by atoms with E-state index < -0.39 is 0 Å². The van der Waals surface area contributed by atoms with Crippen LogP contribution in [0.3, 0.4) is 0 Å². The summed E-state index contributed by atoms with van der Waals surface area (Å²) in [5.41, 5.74) is 7.49. The van der Waals surface area contributed by atoms with Gasteiger partial charge in [0, 0.05) is 14.1 Å². The van der Waals surface area contributed by atoms with Gasteiger partial charge in [-0.1, -0.05) is 55.0 Å². The molecule has 0 saturated heterocycles. The number of nitrogens with two attached hydrogens (primary N) is 1. The van der Waals surface area contributed by atoms with Crippen molar-refractivity contribution in [2.75, 3.05) is 0 Å². The molecular weight excluding hydrogens is 389 g/mol.